The summed E-state index contributed by atoms with van der Waals surface area (Å²) in [7, 11) is 2.27. The van der Waals surface area contributed by atoms with Crippen molar-refractivity contribution in [3.8, 4) is 0 Å². The van der Waals surface area contributed by atoms with Gasteiger partial charge in [0.1, 0.15) is 0 Å². The lowest BCUT2D eigenvalue weighted by Gasteiger charge is -2.36. The molecule has 0 unspecified atom stereocenters. The Labute approximate surface area is 152 Å². The molecule has 0 aliphatic rings. The highest BCUT2D eigenvalue weighted by Gasteiger charge is 2.40. The zero-order valence-electron chi connectivity index (χ0n) is 15.7. The number of rotatable bonds is 9. The number of carbonyl (C=O) groups is 1. The Morgan fingerprint density at radius 1 is 0.920 bits per heavy atom. The molecule has 0 spiro atoms. The first-order valence-electron chi connectivity index (χ1n) is 9.23. The van der Waals surface area contributed by atoms with Gasteiger partial charge in [0.05, 0.1) is 32.1 Å². The van der Waals surface area contributed by atoms with E-state index < -0.39 is 5.41 Å². The predicted molar refractivity (Wildman–Crippen MR) is 104 cm³/mol. The normalized spacial score (nSPS) is 12.1. The van der Waals surface area contributed by atoms with Gasteiger partial charge in [-0.2, -0.15) is 0 Å². The van der Waals surface area contributed by atoms with E-state index in [4.69, 9.17) is 5.73 Å². The Morgan fingerprint density at radius 2 is 1.36 bits per heavy atom. The second-order valence-electron chi connectivity index (χ2n) is 7.08. The van der Waals surface area contributed by atoms with Crippen molar-refractivity contribution >= 4 is 5.91 Å². The molecule has 2 rings (SSSR count). The van der Waals surface area contributed by atoms with Gasteiger partial charge in [-0.3, -0.25) is 4.79 Å². The smallest absolute Gasteiger partial charge is 0.232 e. The van der Waals surface area contributed by atoms with Crippen molar-refractivity contribution in [3.05, 3.63) is 71.8 Å². The van der Waals surface area contributed by atoms with Crippen molar-refractivity contribution in [2.45, 2.75) is 32.1 Å². The highest BCUT2D eigenvalue weighted by Crippen LogP contribution is 2.37. The van der Waals surface area contributed by atoms with Gasteiger partial charge in [0.15, 0.2) is 0 Å². The number of quaternary nitrogens is 1. The standard InChI is InChI=1S/C22H30N2O/c1-4-24(3,5-2)18-12-17-22(21(23)25,19-13-8-6-9-14-19)20-15-10-7-11-16-20/h6-11,13-16H,4-5,12,17-18H2,1-3H3,(H-,23,25)/p+1. The minimum Gasteiger partial charge on any atom is -0.369 e. The average molecular weight is 340 g/mol. The zero-order valence-corrected chi connectivity index (χ0v) is 15.7. The van der Waals surface area contributed by atoms with Crippen LogP contribution in [0.15, 0.2) is 60.7 Å². The number of nitrogens with zero attached hydrogens (tertiary/aromatic N) is 1. The fourth-order valence-electron chi connectivity index (χ4n) is 3.57. The summed E-state index contributed by atoms with van der Waals surface area (Å²) in [6.45, 7) is 7.67. The van der Waals surface area contributed by atoms with Crippen LogP contribution in [-0.4, -0.2) is 37.1 Å². The first-order valence-corrected chi connectivity index (χ1v) is 9.23. The van der Waals surface area contributed by atoms with Crippen molar-refractivity contribution < 1.29 is 9.28 Å². The molecular weight excluding hydrogens is 308 g/mol. The van der Waals surface area contributed by atoms with Gasteiger partial charge < -0.3 is 10.2 Å². The summed E-state index contributed by atoms with van der Waals surface area (Å²) in [6, 6.07) is 19.9. The summed E-state index contributed by atoms with van der Waals surface area (Å²) < 4.78 is 1.01. The van der Waals surface area contributed by atoms with Gasteiger partial charge in [0, 0.05) is 0 Å². The van der Waals surface area contributed by atoms with Gasteiger partial charge in [-0.15, -0.1) is 0 Å². The lowest BCUT2D eigenvalue weighted by atomic mass is 9.70. The molecule has 0 bridgehead atoms. The minimum atomic E-state index is -0.769. The maximum absolute atomic E-state index is 12.7. The fourth-order valence-corrected chi connectivity index (χ4v) is 3.57. The van der Waals surface area contributed by atoms with Gasteiger partial charge in [-0.1, -0.05) is 60.7 Å². The summed E-state index contributed by atoms with van der Waals surface area (Å²) >= 11 is 0. The van der Waals surface area contributed by atoms with Gasteiger partial charge in [-0.05, 0) is 37.8 Å². The third-order valence-electron chi connectivity index (χ3n) is 5.73. The van der Waals surface area contributed by atoms with Crippen LogP contribution in [0.4, 0.5) is 0 Å². The van der Waals surface area contributed by atoms with Crippen molar-refractivity contribution in [1.82, 2.24) is 0 Å². The van der Waals surface area contributed by atoms with E-state index in [1.807, 2.05) is 60.7 Å². The van der Waals surface area contributed by atoms with Crippen LogP contribution in [0.1, 0.15) is 37.8 Å². The van der Waals surface area contributed by atoms with Gasteiger partial charge in [-0.25, -0.2) is 0 Å². The maximum atomic E-state index is 12.7. The fraction of sp³-hybridized carbons (Fsp3) is 0.409. The molecule has 2 N–H and O–H groups in total. The third-order valence-corrected chi connectivity index (χ3v) is 5.73. The van der Waals surface area contributed by atoms with Crippen molar-refractivity contribution in [1.29, 1.82) is 0 Å². The van der Waals surface area contributed by atoms with Crippen LogP contribution in [0.25, 0.3) is 0 Å². The number of amides is 1. The summed E-state index contributed by atoms with van der Waals surface area (Å²) in [5.41, 5.74) is 7.20. The number of hydrogen-bond acceptors (Lipinski definition) is 1. The maximum Gasteiger partial charge on any atom is 0.232 e. The van der Waals surface area contributed by atoms with E-state index in [1.54, 1.807) is 0 Å². The monoisotopic (exact) mass is 339 g/mol. The van der Waals surface area contributed by atoms with Crippen LogP contribution >= 0.6 is 0 Å². The molecule has 1 amide bonds. The van der Waals surface area contributed by atoms with Gasteiger partial charge in [0.2, 0.25) is 5.91 Å². The minimum absolute atomic E-state index is 0.271. The average Bonchev–Trinajstić information content (AvgIpc) is 2.66. The van der Waals surface area contributed by atoms with Crippen LogP contribution in [0.3, 0.4) is 0 Å². The molecule has 0 fully saturated rings. The van der Waals surface area contributed by atoms with E-state index in [1.165, 1.54) is 0 Å². The molecule has 0 aliphatic carbocycles. The molecule has 0 saturated carbocycles. The third kappa shape index (κ3) is 4.10. The highest BCUT2D eigenvalue weighted by molar-refractivity contribution is 5.90. The van der Waals surface area contributed by atoms with Crippen LogP contribution in [0, 0.1) is 0 Å². The Morgan fingerprint density at radius 3 is 1.72 bits per heavy atom. The molecule has 3 nitrogen and oxygen atoms in total. The molecule has 0 saturated heterocycles. The lowest BCUT2D eigenvalue weighted by molar-refractivity contribution is -0.906. The number of nitrogens with two attached hydrogens (primary N) is 1. The summed E-state index contributed by atoms with van der Waals surface area (Å²) in [6.07, 6.45) is 1.68. The molecule has 0 aliphatic heterocycles. The molecule has 0 atom stereocenters. The molecule has 0 heterocycles. The number of benzene rings is 2. The van der Waals surface area contributed by atoms with Gasteiger partial charge in [0.25, 0.3) is 0 Å². The van der Waals surface area contributed by atoms with Gasteiger partial charge >= 0.3 is 0 Å². The van der Waals surface area contributed by atoms with E-state index in [0.29, 0.717) is 0 Å². The summed E-state index contributed by atoms with van der Waals surface area (Å²) in [5, 5.41) is 0. The topological polar surface area (TPSA) is 43.1 Å². The second kappa shape index (κ2) is 8.30. The van der Waals surface area contributed by atoms with E-state index in [0.717, 1.165) is 48.1 Å². The number of primary amides is 1. The molecule has 0 radical (unpaired) electrons. The lowest BCUT2D eigenvalue weighted by Crippen LogP contribution is -2.46. The second-order valence-corrected chi connectivity index (χ2v) is 7.08. The summed E-state index contributed by atoms with van der Waals surface area (Å²) in [5.74, 6) is -0.271. The predicted octanol–water partition coefficient (Wildman–Crippen LogP) is 3.72. The molecule has 25 heavy (non-hydrogen) atoms. The molecular formula is C22H31N2O+. The first-order chi connectivity index (χ1) is 12.0. The molecule has 2 aromatic carbocycles. The summed E-state index contributed by atoms with van der Waals surface area (Å²) in [4.78, 5) is 12.7. The zero-order chi connectivity index (χ0) is 18.3. The molecule has 0 aromatic heterocycles. The Kier molecular flexibility index (Phi) is 6.38. The molecule has 134 valence electrons. The van der Waals surface area contributed by atoms with E-state index >= 15 is 0 Å². The van der Waals surface area contributed by atoms with Crippen molar-refractivity contribution in [2.24, 2.45) is 5.73 Å². The SMILES string of the molecule is CC[N+](C)(CC)CCCC(C(N)=O)(c1ccccc1)c1ccccc1. The van der Waals surface area contributed by atoms with Crippen LogP contribution in [0.5, 0.6) is 0 Å². The van der Waals surface area contributed by atoms with Crippen LogP contribution < -0.4 is 5.73 Å². The largest absolute Gasteiger partial charge is 0.369 e. The molecule has 2 aromatic rings. The molecule has 3 heteroatoms. The Bertz CT molecular complexity index is 623. The first kappa shape index (κ1) is 19.2. The number of hydrogen-bond donors (Lipinski definition) is 1. The van der Waals surface area contributed by atoms with Crippen molar-refractivity contribution in [2.75, 3.05) is 26.7 Å². The van der Waals surface area contributed by atoms with Crippen LogP contribution in [0.2, 0.25) is 0 Å². The van der Waals surface area contributed by atoms with E-state index in [9.17, 15) is 4.79 Å². The number of carbonyl (C=O) groups excluding carboxylic acids is 1. The Balaban J connectivity index is 2.40. The van der Waals surface area contributed by atoms with Crippen molar-refractivity contribution in [3.63, 3.8) is 0 Å². The Hall–Kier alpha value is -2.13. The van der Waals surface area contributed by atoms with E-state index in [2.05, 4.69) is 20.9 Å². The highest BCUT2D eigenvalue weighted by atomic mass is 16.1. The van der Waals surface area contributed by atoms with Crippen LogP contribution in [-0.2, 0) is 10.2 Å². The van der Waals surface area contributed by atoms with E-state index in [-0.39, 0.29) is 5.91 Å². The quantitative estimate of drug-likeness (QED) is 0.695.